The lowest BCUT2D eigenvalue weighted by Crippen LogP contribution is -2.45. The zero-order chi connectivity index (χ0) is 14.5. The van der Waals surface area contributed by atoms with Crippen LogP contribution in [0.5, 0.6) is 0 Å². The number of morpholine rings is 1. The van der Waals surface area contributed by atoms with Crippen LogP contribution >= 0.6 is 11.3 Å². The standard InChI is InChI=1S/C16H21N3OS/c1-17-9-15-11-19(7-8-20-15)10-14-12-21-16(18-14)13-5-3-2-4-6-13/h2-6,12,15,17H,7-11H2,1H3. The molecule has 1 fully saturated rings. The molecule has 1 aromatic heterocycles. The van der Waals surface area contributed by atoms with E-state index in [2.05, 4.69) is 39.9 Å². The van der Waals surface area contributed by atoms with Gasteiger partial charge in [0.2, 0.25) is 0 Å². The van der Waals surface area contributed by atoms with Gasteiger partial charge in [-0.25, -0.2) is 4.98 Å². The summed E-state index contributed by atoms with van der Waals surface area (Å²) >= 11 is 1.72. The lowest BCUT2D eigenvalue weighted by Gasteiger charge is -2.32. The summed E-state index contributed by atoms with van der Waals surface area (Å²) in [4.78, 5) is 7.19. The van der Waals surface area contributed by atoms with Crippen LogP contribution in [0.1, 0.15) is 5.69 Å². The fourth-order valence-corrected chi connectivity index (χ4v) is 3.41. The average molecular weight is 303 g/mol. The predicted octanol–water partition coefficient (Wildman–Crippen LogP) is 2.23. The van der Waals surface area contributed by atoms with Crippen LogP contribution in [-0.4, -0.2) is 49.3 Å². The van der Waals surface area contributed by atoms with Crippen molar-refractivity contribution in [3.05, 3.63) is 41.4 Å². The molecule has 0 saturated carbocycles. The van der Waals surface area contributed by atoms with E-state index < -0.39 is 0 Å². The van der Waals surface area contributed by atoms with Crippen LogP contribution in [0.25, 0.3) is 10.6 Å². The lowest BCUT2D eigenvalue weighted by molar-refractivity contribution is -0.0294. The fourth-order valence-electron chi connectivity index (χ4n) is 2.60. The molecule has 1 aromatic carbocycles. The van der Waals surface area contributed by atoms with Crippen molar-refractivity contribution in [2.45, 2.75) is 12.6 Å². The molecule has 4 nitrogen and oxygen atoms in total. The summed E-state index contributed by atoms with van der Waals surface area (Å²) in [5.74, 6) is 0. The first-order valence-electron chi connectivity index (χ1n) is 7.33. The highest BCUT2D eigenvalue weighted by molar-refractivity contribution is 7.13. The zero-order valence-electron chi connectivity index (χ0n) is 12.3. The van der Waals surface area contributed by atoms with Crippen molar-refractivity contribution in [3.63, 3.8) is 0 Å². The molecular formula is C16H21N3OS. The summed E-state index contributed by atoms with van der Waals surface area (Å²) < 4.78 is 5.74. The minimum atomic E-state index is 0.288. The first kappa shape index (κ1) is 14.7. The molecule has 5 heteroatoms. The van der Waals surface area contributed by atoms with Gasteiger partial charge in [-0.1, -0.05) is 30.3 Å². The van der Waals surface area contributed by atoms with Crippen LogP contribution in [0.2, 0.25) is 0 Å². The summed E-state index contributed by atoms with van der Waals surface area (Å²) in [5.41, 5.74) is 2.35. The summed E-state index contributed by atoms with van der Waals surface area (Å²) in [5, 5.41) is 6.46. The summed E-state index contributed by atoms with van der Waals surface area (Å²) in [7, 11) is 1.97. The molecule has 2 heterocycles. The molecule has 0 amide bonds. The highest BCUT2D eigenvalue weighted by Crippen LogP contribution is 2.24. The third kappa shape index (κ3) is 3.89. The molecule has 0 bridgehead atoms. The quantitative estimate of drug-likeness (QED) is 0.919. The molecule has 0 aliphatic carbocycles. The van der Waals surface area contributed by atoms with Gasteiger partial charge < -0.3 is 10.1 Å². The number of nitrogens with one attached hydrogen (secondary N) is 1. The maximum atomic E-state index is 5.74. The normalized spacial score (nSPS) is 19.8. The van der Waals surface area contributed by atoms with Crippen LogP contribution in [0.3, 0.4) is 0 Å². The van der Waals surface area contributed by atoms with Crippen LogP contribution in [0, 0.1) is 0 Å². The molecule has 1 N–H and O–H groups in total. The Kier molecular flexibility index (Phi) is 4.98. The van der Waals surface area contributed by atoms with E-state index in [1.54, 1.807) is 11.3 Å². The third-order valence-corrected chi connectivity index (χ3v) is 4.55. The van der Waals surface area contributed by atoms with Gasteiger partial charge in [-0.2, -0.15) is 0 Å². The minimum Gasteiger partial charge on any atom is -0.374 e. The Morgan fingerprint density at radius 3 is 3.05 bits per heavy atom. The first-order chi connectivity index (χ1) is 10.3. The van der Waals surface area contributed by atoms with E-state index in [1.807, 2.05) is 13.1 Å². The summed E-state index contributed by atoms with van der Waals surface area (Å²) in [6.07, 6.45) is 0.288. The fraction of sp³-hybridized carbons (Fsp3) is 0.438. The van der Waals surface area contributed by atoms with Crippen molar-refractivity contribution in [1.29, 1.82) is 0 Å². The Morgan fingerprint density at radius 1 is 1.38 bits per heavy atom. The Hall–Kier alpha value is -1.27. The number of benzene rings is 1. The number of aromatic nitrogens is 1. The molecule has 3 rings (SSSR count). The molecule has 1 atom stereocenters. The lowest BCUT2D eigenvalue weighted by atomic mass is 10.2. The summed E-state index contributed by atoms with van der Waals surface area (Å²) in [6, 6.07) is 10.4. The number of likely N-dealkylation sites (N-methyl/N-ethyl adjacent to an activating group) is 1. The SMILES string of the molecule is CNCC1CN(Cc2csc(-c3ccccc3)n2)CCO1. The summed E-state index contributed by atoms with van der Waals surface area (Å²) in [6.45, 7) is 4.58. The molecular weight excluding hydrogens is 282 g/mol. The van der Waals surface area contributed by atoms with Crippen molar-refractivity contribution in [2.24, 2.45) is 0 Å². The van der Waals surface area contributed by atoms with Gasteiger partial charge in [0.15, 0.2) is 0 Å². The second-order valence-electron chi connectivity index (χ2n) is 5.30. The minimum absolute atomic E-state index is 0.288. The Labute approximate surface area is 129 Å². The van der Waals surface area contributed by atoms with E-state index in [0.29, 0.717) is 0 Å². The Balaban J connectivity index is 1.62. The molecule has 2 aromatic rings. The highest BCUT2D eigenvalue weighted by atomic mass is 32.1. The van der Waals surface area contributed by atoms with E-state index in [-0.39, 0.29) is 6.10 Å². The van der Waals surface area contributed by atoms with E-state index in [9.17, 15) is 0 Å². The maximum Gasteiger partial charge on any atom is 0.123 e. The Bertz CT molecular complexity index is 556. The molecule has 21 heavy (non-hydrogen) atoms. The molecule has 1 aliphatic heterocycles. The van der Waals surface area contributed by atoms with Gasteiger partial charge in [-0.3, -0.25) is 4.90 Å². The third-order valence-electron chi connectivity index (χ3n) is 3.61. The van der Waals surface area contributed by atoms with Gasteiger partial charge in [0.1, 0.15) is 5.01 Å². The highest BCUT2D eigenvalue weighted by Gasteiger charge is 2.20. The van der Waals surface area contributed by atoms with Gasteiger partial charge in [0.25, 0.3) is 0 Å². The first-order valence-corrected chi connectivity index (χ1v) is 8.21. The van der Waals surface area contributed by atoms with Crippen molar-refractivity contribution in [1.82, 2.24) is 15.2 Å². The Morgan fingerprint density at radius 2 is 2.24 bits per heavy atom. The molecule has 1 saturated heterocycles. The number of thiazole rings is 1. The maximum absolute atomic E-state index is 5.74. The van der Waals surface area contributed by atoms with Gasteiger partial charge in [0.05, 0.1) is 18.4 Å². The molecule has 112 valence electrons. The van der Waals surface area contributed by atoms with Crippen LogP contribution in [0.4, 0.5) is 0 Å². The second kappa shape index (κ2) is 7.13. The van der Waals surface area contributed by atoms with Gasteiger partial charge >= 0.3 is 0 Å². The van der Waals surface area contributed by atoms with Crippen molar-refractivity contribution in [2.75, 3.05) is 33.3 Å². The van der Waals surface area contributed by atoms with Crippen LogP contribution in [-0.2, 0) is 11.3 Å². The van der Waals surface area contributed by atoms with Gasteiger partial charge in [-0.05, 0) is 7.05 Å². The number of ether oxygens (including phenoxy) is 1. The smallest absolute Gasteiger partial charge is 0.123 e. The number of rotatable bonds is 5. The van der Waals surface area contributed by atoms with E-state index in [4.69, 9.17) is 9.72 Å². The van der Waals surface area contributed by atoms with Crippen molar-refractivity contribution < 1.29 is 4.74 Å². The van der Waals surface area contributed by atoms with Gasteiger partial charge in [-0.15, -0.1) is 11.3 Å². The second-order valence-corrected chi connectivity index (χ2v) is 6.15. The van der Waals surface area contributed by atoms with Crippen molar-refractivity contribution >= 4 is 11.3 Å². The number of nitrogens with zero attached hydrogens (tertiary/aromatic N) is 2. The molecule has 0 radical (unpaired) electrons. The topological polar surface area (TPSA) is 37.4 Å². The van der Waals surface area contributed by atoms with E-state index in [0.717, 1.165) is 43.5 Å². The van der Waals surface area contributed by atoms with E-state index >= 15 is 0 Å². The molecule has 1 aliphatic rings. The monoisotopic (exact) mass is 303 g/mol. The molecule has 0 spiro atoms. The zero-order valence-corrected chi connectivity index (χ0v) is 13.1. The molecule has 1 unspecified atom stereocenters. The van der Waals surface area contributed by atoms with Crippen LogP contribution in [0.15, 0.2) is 35.7 Å². The van der Waals surface area contributed by atoms with Crippen molar-refractivity contribution in [3.8, 4) is 10.6 Å². The number of hydrogen-bond donors (Lipinski definition) is 1. The largest absolute Gasteiger partial charge is 0.374 e. The van der Waals surface area contributed by atoms with Gasteiger partial charge in [0, 0.05) is 37.1 Å². The predicted molar refractivity (Wildman–Crippen MR) is 86.5 cm³/mol. The number of hydrogen-bond acceptors (Lipinski definition) is 5. The van der Waals surface area contributed by atoms with Crippen LogP contribution < -0.4 is 5.32 Å². The average Bonchev–Trinajstić information content (AvgIpc) is 2.97. The van der Waals surface area contributed by atoms with E-state index in [1.165, 1.54) is 5.56 Å².